The molecule has 0 aliphatic rings. The second-order valence-corrected chi connectivity index (χ2v) is 8.84. The van der Waals surface area contributed by atoms with E-state index < -0.39 is 17.5 Å². The van der Waals surface area contributed by atoms with Crippen molar-refractivity contribution >= 4 is 45.9 Å². The first kappa shape index (κ1) is 22.0. The summed E-state index contributed by atoms with van der Waals surface area (Å²) >= 11 is 12.7. The smallest absolute Gasteiger partial charge is 0.376 e. The van der Waals surface area contributed by atoms with Gasteiger partial charge in [0.25, 0.3) is 0 Å². The number of benzene rings is 3. The number of nitrogens with zero attached hydrogens (tertiary/aromatic N) is 2. The molecule has 1 atom stereocenters. The van der Waals surface area contributed by atoms with Crippen LogP contribution in [0.15, 0.2) is 77.8 Å². The summed E-state index contributed by atoms with van der Waals surface area (Å²) in [5, 5.41) is 16.1. The van der Waals surface area contributed by atoms with Gasteiger partial charge in [-0.3, -0.25) is 0 Å². The van der Waals surface area contributed by atoms with Crippen molar-refractivity contribution in [3.63, 3.8) is 0 Å². The normalized spacial score (nSPS) is 14.0. The predicted octanol–water partition coefficient (Wildman–Crippen LogP) is 6.87. The number of aromatic nitrogens is 2. The Morgan fingerprint density at radius 1 is 0.935 bits per heavy atom. The number of aliphatic hydroxyl groups is 1. The monoisotopic (exact) mass is 482 g/mol. The zero-order valence-corrected chi connectivity index (χ0v) is 18.1. The third-order valence-electron chi connectivity index (χ3n) is 4.80. The molecular formula is C22H15Cl2F3N2OS. The van der Waals surface area contributed by atoms with E-state index in [9.17, 15) is 18.3 Å². The summed E-state index contributed by atoms with van der Waals surface area (Å²) < 4.78 is 43.6. The summed E-state index contributed by atoms with van der Waals surface area (Å²) in [6.45, 7) is 0. The van der Waals surface area contributed by atoms with Gasteiger partial charge in [0.15, 0.2) is 5.60 Å². The van der Waals surface area contributed by atoms with E-state index in [4.69, 9.17) is 23.2 Å². The van der Waals surface area contributed by atoms with Gasteiger partial charge in [-0.25, -0.2) is 4.68 Å². The SMILES string of the molecule is OC(CSc1cc(Cl)cc(Cl)c1)(c1ccc2c(cnn2-c2ccccc2)c1)C(F)(F)F. The molecule has 1 heterocycles. The first-order valence-electron chi connectivity index (χ1n) is 9.09. The molecule has 0 fully saturated rings. The van der Waals surface area contributed by atoms with Crippen LogP contribution in [0.1, 0.15) is 5.56 Å². The first-order chi connectivity index (χ1) is 14.7. The fourth-order valence-corrected chi connectivity index (χ4v) is 4.98. The Hall–Kier alpha value is -2.19. The third kappa shape index (κ3) is 4.41. The molecule has 31 heavy (non-hydrogen) atoms. The van der Waals surface area contributed by atoms with E-state index in [1.807, 2.05) is 30.3 Å². The Bertz CT molecular complexity index is 1210. The quantitative estimate of drug-likeness (QED) is 0.315. The Morgan fingerprint density at radius 3 is 2.26 bits per heavy atom. The van der Waals surface area contributed by atoms with Gasteiger partial charge in [0.2, 0.25) is 0 Å². The van der Waals surface area contributed by atoms with Crippen molar-refractivity contribution in [2.75, 3.05) is 5.75 Å². The van der Waals surface area contributed by atoms with E-state index in [0.29, 0.717) is 25.8 Å². The molecule has 0 aliphatic heterocycles. The summed E-state index contributed by atoms with van der Waals surface area (Å²) in [6.07, 6.45) is -3.42. The minimum atomic E-state index is -4.90. The lowest BCUT2D eigenvalue weighted by Crippen LogP contribution is -2.44. The summed E-state index contributed by atoms with van der Waals surface area (Å²) in [7, 11) is 0. The van der Waals surface area contributed by atoms with Crippen molar-refractivity contribution in [2.24, 2.45) is 0 Å². The van der Waals surface area contributed by atoms with Crippen LogP contribution in [0.5, 0.6) is 0 Å². The first-order valence-corrected chi connectivity index (χ1v) is 10.8. The molecule has 0 spiro atoms. The average molecular weight is 483 g/mol. The van der Waals surface area contributed by atoms with Crippen LogP contribution in [0, 0.1) is 0 Å². The summed E-state index contributed by atoms with van der Waals surface area (Å²) in [6, 6.07) is 17.9. The number of thioether (sulfide) groups is 1. The van der Waals surface area contributed by atoms with Crippen molar-refractivity contribution in [1.82, 2.24) is 9.78 Å². The minimum Gasteiger partial charge on any atom is -0.376 e. The van der Waals surface area contributed by atoms with Crippen molar-refractivity contribution < 1.29 is 18.3 Å². The Balaban J connectivity index is 1.70. The predicted molar refractivity (Wildman–Crippen MR) is 118 cm³/mol. The number of rotatable bonds is 5. The number of alkyl halides is 3. The van der Waals surface area contributed by atoms with Crippen LogP contribution in [-0.4, -0.2) is 26.8 Å². The highest BCUT2D eigenvalue weighted by Crippen LogP contribution is 2.44. The highest BCUT2D eigenvalue weighted by molar-refractivity contribution is 7.99. The highest BCUT2D eigenvalue weighted by Gasteiger charge is 2.55. The number of hydrogen-bond donors (Lipinski definition) is 1. The van der Waals surface area contributed by atoms with Gasteiger partial charge in [0, 0.05) is 26.1 Å². The van der Waals surface area contributed by atoms with Gasteiger partial charge in [-0.1, -0.05) is 47.5 Å². The number of fused-ring (bicyclic) bond motifs is 1. The molecule has 1 unspecified atom stereocenters. The topological polar surface area (TPSA) is 38.1 Å². The Morgan fingerprint density at radius 2 is 1.61 bits per heavy atom. The molecule has 0 bridgehead atoms. The van der Waals surface area contributed by atoms with E-state index >= 15 is 0 Å². The second-order valence-electron chi connectivity index (χ2n) is 6.92. The number of para-hydroxylation sites is 1. The second kappa shape index (κ2) is 8.39. The van der Waals surface area contributed by atoms with E-state index in [2.05, 4.69) is 5.10 Å². The fraction of sp³-hybridized carbons (Fsp3) is 0.136. The minimum absolute atomic E-state index is 0.263. The summed E-state index contributed by atoms with van der Waals surface area (Å²) in [4.78, 5) is 0.429. The van der Waals surface area contributed by atoms with Crippen LogP contribution in [0.2, 0.25) is 10.0 Å². The lowest BCUT2D eigenvalue weighted by molar-refractivity contribution is -0.256. The van der Waals surface area contributed by atoms with Gasteiger partial charge in [-0.2, -0.15) is 18.3 Å². The Labute approximate surface area is 190 Å². The molecule has 1 aromatic heterocycles. The van der Waals surface area contributed by atoms with Crippen molar-refractivity contribution in [3.05, 3.63) is 88.5 Å². The molecule has 4 aromatic rings. The van der Waals surface area contributed by atoms with Gasteiger partial charge in [0.05, 0.1) is 17.4 Å². The van der Waals surface area contributed by atoms with Gasteiger partial charge in [0.1, 0.15) is 0 Å². The van der Waals surface area contributed by atoms with Crippen LogP contribution in [0.25, 0.3) is 16.6 Å². The van der Waals surface area contributed by atoms with Crippen molar-refractivity contribution in [2.45, 2.75) is 16.7 Å². The third-order valence-corrected chi connectivity index (χ3v) is 6.37. The van der Waals surface area contributed by atoms with Crippen LogP contribution < -0.4 is 0 Å². The van der Waals surface area contributed by atoms with Crippen molar-refractivity contribution in [3.8, 4) is 5.69 Å². The molecule has 3 nitrogen and oxygen atoms in total. The maximum atomic E-state index is 14.0. The average Bonchev–Trinajstić information content (AvgIpc) is 3.14. The van der Waals surface area contributed by atoms with E-state index in [0.717, 1.165) is 17.4 Å². The van der Waals surface area contributed by atoms with Gasteiger partial charge in [-0.05, 0) is 48.0 Å². The molecule has 160 valence electrons. The largest absolute Gasteiger partial charge is 0.422 e. The lowest BCUT2D eigenvalue weighted by atomic mass is 9.94. The van der Waals surface area contributed by atoms with Gasteiger partial charge >= 0.3 is 6.18 Å². The lowest BCUT2D eigenvalue weighted by Gasteiger charge is -2.31. The summed E-state index contributed by atoms with van der Waals surface area (Å²) in [5.41, 5.74) is -1.92. The molecule has 1 N–H and O–H groups in total. The molecule has 0 saturated heterocycles. The van der Waals surface area contributed by atoms with E-state index in [1.165, 1.54) is 42.6 Å². The number of halogens is 5. The van der Waals surface area contributed by atoms with Gasteiger partial charge in [-0.15, -0.1) is 11.8 Å². The van der Waals surface area contributed by atoms with Crippen LogP contribution in [-0.2, 0) is 5.60 Å². The number of hydrogen-bond acceptors (Lipinski definition) is 3. The summed E-state index contributed by atoms with van der Waals surface area (Å²) in [5.74, 6) is -0.661. The molecule has 0 saturated carbocycles. The molecule has 0 aliphatic carbocycles. The standard InChI is InChI=1S/C22H15Cl2F3N2OS/c23-16-9-17(24)11-19(10-16)31-13-21(30,22(25,26)27)15-6-7-20-14(8-15)12-28-29(20)18-4-2-1-3-5-18/h1-12,30H,13H2. The highest BCUT2D eigenvalue weighted by atomic mass is 35.5. The van der Waals surface area contributed by atoms with E-state index in [1.54, 1.807) is 4.68 Å². The van der Waals surface area contributed by atoms with Gasteiger partial charge < -0.3 is 5.11 Å². The Kier molecular flexibility index (Phi) is 5.96. The fourth-order valence-electron chi connectivity index (χ4n) is 3.19. The molecular weight excluding hydrogens is 468 g/mol. The van der Waals surface area contributed by atoms with Crippen LogP contribution in [0.4, 0.5) is 13.2 Å². The van der Waals surface area contributed by atoms with Crippen molar-refractivity contribution in [1.29, 1.82) is 0 Å². The molecule has 4 rings (SSSR count). The zero-order chi connectivity index (χ0) is 22.2. The zero-order valence-electron chi connectivity index (χ0n) is 15.8. The van der Waals surface area contributed by atoms with E-state index in [-0.39, 0.29) is 5.56 Å². The van der Waals surface area contributed by atoms with Crippen LogP contribution in [0.3, 0.4) is 0 Å². The maximum Gasteiger partial charge on any atom is 0.422 e. The maximum absolute atomic E-state index is 14.0. The molecule has 0 amide bonds. The van der Waals surface area contributed by atoms with Crippen LogP contribution >= 0.6 is 35.0 Å². The molecule has 0 radical (unpaired) electrons. The molecule has 9 heteroatoms. The molecule has 3 aromatic carbocycles.